The molecule has 29 heavy (non-hydrogen) atoms. The Bertz CT molecular complexity index is 841. The van der Waals surface area contributed by atoms with Gasteiger partial charge in [0, 0.05) is 30.8 Å². The Hall–Kier alpha value is -2.39. The molecule has 1 amide bonds. The third-order valence-corrected chi connectivity index (χ3v) is 5.93. The Morgan fingerprint density at radius 3 is 2.55 bits per heavy atom. The molecule has 0 atom stereocenters. The number of hydrogen-bond donors (Lipinski definition) is 1. The van der Waals surface area contributed by atoms with Gasteiger partial charge < -0.3 is 0 Å². The minimum atomic E-state index is -0.203. The summed E-state index contributed by atoms with van der Waals surface area (Å²) in [7, 11) is 0. The quantitative estimate of drug-likeness (QED) is 0.686. The second-order valence-electron chi connectivity index (χ2n) is 7.08. The number of thioether (sulfide) groups is 1. The topological polar surface area (TPSA) is 82.6 Å². The number of anilines is 1. The van der Waals surface area contributed by atoms with Crippen molar-refractivity contribution < 1.29 is 18.9 Å². The summed E-state index contributed by atoms with van der Waals surface area (Å²) in [6.07, 6.45) is 1.89. The van der Waals surface area contributed by atoms with E-state index in [0.717, 1.165) is 61.2 Å². The van der Waals surface area contributed by atoms with E-state index in [0.29, 0.717) is 11.6 Å². The predicted octanol–water partition coefficient (Wildman–Crippen LogP) is 1.75. The van der Waals surface area contributed by atoms with Crippen LogP contribution in [-0.2, 0) is 4.79 Å². The first-order chi connectivity index (χ1) is 14.0. The lowest BCUT2D eigenvalue weighted by Crippen LogP contribution is -2.65. The standard InChI is InChI=1S/C20H27N5O3S/c1-4-23-9-11-24(12-10-23)25-14-18(28-22-25)21-17(26)8-13-29-20(27)19-15(2)6-5-7-16(19)3/h5-7,14H,4,8-13H2,1-3H3/p+1. The molecule has 1 fully saturated rings. The molecule has 1 saturated heterocycles. The molecule has 156 valence electrons. The largest absolute Gasteiger partial charge is 0.305 e. The van der Waals surface area contributed by atoms with E-state index in [1.807, 2.05) is 32.0 Å². The van der Waals surface area contributed by atoms with Crippen LogP contribution in [0.2, 0.25) is 0 Å². The number of amides is 1. The molecule has 9 heteroatoms. The van der Waals surface area contributed by atoms with Gasteiger partial charge >= 0.3 is 5.88 Å². The summed E-state index contributed by atoms with van der Waals surface area (Å²) in [5.41, 5.74) is 2.65. The lowest BCUT2D eigenvalue weighted by atomic mass is 10.0. The maximum absolute atomic E-state index is 12.4. The molecule has 0 bridgehead atoms. The maximum Gasteiger partial charge on any atom is 0.305 e. The zero-order valence-corrected chi connectivity index (χ0v) is 18.0. The Labute approximate surface area is 175 Å². The number of hydrogen-bond acceptors (Lipinski definition) is 7. The van der Waals surface area contributed by atoms with Gasteiger partial charge in [-0.25, -0.2) is 0 Å². The van der Waals surface area contributed by atoms with Gasteiger partial charge in [0.1, 0.15) is 0 Å². The number of nitrogens with zero attached hydrogens (tertiary/aromatic N) is 4. The van der Waals surface area contributed by atoms with Gasteiger partial charge in [0.25, 0.3) is 6.20 Å². The molecule has 1 aliphatic rings. The molecule has 2 heterocycles. The highest BCUT2D eigenvalue weighted by atomic mass is 32.2. The Kier molecular flexibility index (Phi) is 7.27. The summed E-state index contributed by atoms with van der Waals surface area (Å²) < 4.78 is 5.22. The van der Waals surface area contributed by atoms with Crippen LogP contribution in [0, 0.1) is 13.8 Å². The number of piperazine rings is 1. The molecule has 1 aromatic heterocycles. The molecule has 0 unspecified atom stereocenters. The minimum absolute atomic E-state index is 0.00266. The normalized spacial score (nSPS) is 14.8. The number of aryl methyl sites for hydroxylation is 2. The van der Waals surface area contributed by atoms with Crippen LogP contribution < -0.4 is 15.1 Å². The summed E-state index contributed by atoms with van der Waals surface area (Å²) >= 11 is 1.16. The van der Waals surface area contributed by atoms with E-state index in [9.17, 15) is 9.59 Å². The third kappa shape index (κ3) is 5.57. The molecule has 1 N–H and O–H groups in total. The van der Waals surface area contributed by atoms with E-state index in [1.54, 1.807) is 11.0 Å². The van der Waals surface area contributed by atoms with Crippen molar-refractivity contribution in [3.05, 3.63) is 41.1 Å². The summed E-state index contributed by atoms with van der Waals surface area (Å²) in [5.74, 6) is 0.510. The van der Waals surface area contributed by atoms with Gasteiger partial charge in [0.05, 0.1) is 17.9 Å². The van der Waals surface area contributed by atoms with Gasteiger partial charge in [-0.2, -0.15) is 5.01 Å². The van der Waals surface area contributed by atoms with Crippen LogP contribution in [-0.4, -0.2) is 59.7 Å². The smallest absolute Gasteiger partial charge is 0.300 e. The van der Waals surface area contributed by atoms with Crippen molar-refractivity contribution in [3.63, 3.8) is 0 Å². The van der Waals surface area contributed by atoms with E-state index < -0.39 is 0 Å². The summed E-state index contributed by atoms with van der Waals surface area (Å²) in [6, 6.07) is 5.79. The van der Waals surface area contributed by atoms with Crippen molar-refractivity contribution in [1.29, 1.82) is 0 Å². The first-order valence-electron chi connectivity index (χ1n) is 9.87. The molecular formula is C20H28N5O3S+. The van der Waals surface area contributed by atoms with Crippen LogP contribution >= 0.6 is 11.8 Å². The Balaban J connectivity index is 1.44. The Morgan fingerprint density at radius 1 is 1.21 bits per heavy atom. The van der Waals surface area contributed by atoms with Gasteiger partial charge in [-0.3, -0.25) is 24.3 Å². The average molecular weight is 419 g/mol. The van der Waals surface area contributed by atoms with Crippen LogP contribution in [0.3, 0.4) is 0 Å². The molecule has 0 spiro atoms. The zero-order valence-electron chi connectivity index (χ0n) is 17.2. The fourth-order valence-electron chi connectivity index (χ4n) is 3.33. The van der Waals surface area contributed by atoms with Crippen LogP contribution in [0.15, 0.2) is 28.9 Å². The molecule has 3 rings (SSSR count). The SMILES string of the molecule is CCN1CCN([n+]2cc(NC(=O)CCSC(=O)c3c(C)cccc3C)on2)CC1. The summed E-state index contributed by atoms with van der Waals surface area (Å²) in [6.45, 7) is 10.7. The molecule has 0 radical (unpaired) electrons. The monoisotopic (exact) mass is 418 g/mol. The third-order valence-electron chi connectivity index (χ3n) is 5.05. The fraction of sp³-hybridized carbons (Fsp3) is 0.500. The van der Waals surface area contributed by atoms with Crippen molar-refractivity contribution in [2.75, 3.05) is 48.8 Å². The molecule has 1 aliphatic heterocycles. The lowest BCUT2D eigenvalue weighted by molar-refractivity contribution is -0.759. The van der Waals surface area contributed by atoms with Gasteiger partial charge in [0.2, 0.25) is 16.3 Å². The summed E-state index contributed by atoms with van der Waals surface area (Å²) in [5, 5.41) is 8.76. The second kappa shape index (κ2) is 9.89. The molecule has 1 aromatic carbocycles. The maximum atomic E-state index is 12.4. The fourth-order valence-corrected chi connectivity index (χ4v) is 4.27. The van der Waals surface area contributed by atoms with Crippen LogP contribution in [0.5, 0.6) is 0 Å². The molecule has 8 nitrogen and oxygen atoms in total. The number of rotatable bonds is 7. The van der Waals surface area contributed by atoms with E-state index in [4.69, 9.17) is 4.52 Å². The van der Waals surface area contributed by atoms with E-state index >= 15 is 0 Å². The van der Waals surface area contributed by atoms with Crippen molar-refractivity contribution >= 4 is 28.7 Å². The van der Waals surface area contributed by atoms with Crippen LogP contribution in [0.1, 0.15) is 34.8 Å². The van der Waals surface area contributed by atoms with Crippen molar-refractivity contribution in [3.8, 4) is 0 Å². The molecule has 2 aromatic rings. The number of carbonyl (C=O) groups excluding carboxylic acids is 2. The number of nitrogens with one attached hydrogen (secondary N) is 1. The van der Waals surface area contributed by atoms with Gasteiger partial charge in [-0.1, -0.05) is 36.9 Å². The number of aromatic nitrogens is 2. The highest BCUT2D eigenvalue weighted by molar-refractivity contribution is 8.14. The van der Waals surface area contributed by atoms with Crippen LogP contribution in [0.25, 0.3) is 0 Å². The lowest BCUT2D eigenvalue weighted by Gasteiger charge is -2.28. The summed E-state index contributed by atoms with van der Waals surface area (Å²) in [4.78, 5) is 28.6. The van der Waals surface area contributed by atoms with Crippen molar-refractivity contribution in [1.82, 2.24) is 10.2 Å². The Morgan fingerprint density at radius 2 is 1.90 bits per heavy atom. The number of carbonyl (C=O) groups is 2. The van der Waals surface area contributed by atoms with Gasteiger partial charge in [0.15, 0.2) is 0 Å². The highest BCUT2D eigenvalue weighted by Gasteiger charge is 2.25. The first kappa shape index (κ1) is 21.3. The zero-order chi connectivity index (χ0) is 20.8. The van der Waals surface area contributed by atoms with Crippen molar-refractivity contribution in [2.24, 2.45) is 0 Å². The van der Waals surface area contributed by atoms with Gasteiger partial charge in [-0.05, 0) is 31.5 Å². The average Bonchev–Trinajstić information content (AvgIpc) is 3.16. The van der Waals surface area contributed by atoms with E-state index in [-0.39, 0.29) is 17.4 Å². The highest BCUT2D eigenvalue weighted by Crippen LogP contribution is 2.20. The molecular weight excluding hydrogens is 390 g/mol. The number of likely N-dealkylation sites (N-methyl/N-ethyl adjacent to an activating group) is 1. The predicted molar refractivity (Wildman–Crippen MR) is 113 cm³/mol. The van der Waals surface area contributed by atoms with E-state index in [1.165, 1.54) is 0 Å². The molecule has 0 aliphatic carbocycles. The van der Waals surface area contributed by atoms with Crippen molar-refractivity contribution in [2.45, 2.75) is 27.2 Å². The molecule has 0 saturated carbocycles. The van der Waals surface area contributed by atoms with Crippen LogP contribution in [0.4, 0.5) is 5.88 Å². The van der Waals surface area contributed by atoms with E-state index in [2.05, 4.69) is 27.4 Å². The minimum Gasteiger partial charge on any atom is -0.300 e. The number of benzene rings is 1. The second-order valence-corrected chi connectivity index (χ2v) is 8.14. The van der Waals surface area contributed by atoms with Gasteiger partial charge in [-0.15, -0.1) is 0 Å². The first-order valence-corrected chi connectivity index (χ1v) is 10.9.